The molecule has 2 unspecified atom stereocenters. The van der Waals surface area contributed by atoms with Crippen LogP contribution in [0.5, 0.6) is 0 Å². The van der Waals surface area contributed by atoms with Crippen molar-refractivity contribution in [3.63, 3.8) is 0 Å². The van der Waals surface area contributed by atoms with Crippen molar-refractivity contribution in [1.82, 2.24) is 5.32 Å². The zero-order valence-electron chi connectivity index (χ0n) is 11.4. The van der Waals surface area contributed by atoms with Gasteiger partial charge in [-0.15, -0.1) is 11.8 Å². The molecule has 2 atom stereocenters. The quantitative estimate of drug-likeness (QED) is 0.640. The second-order valence-corrected chi connectivity index (χ2v) is 6.50. The van der Waals surface area contributed by atoms with Crippen molar-refractivity contribution >= 4 is 40.9 Å². The molecule has 4 N–H and O–H groups in total. The average Bonchev–Trinajstić information content (AvgIpc) is 3.06. The van der Waals surface area contributed by atoms with E-state index in [1.165, 1.54) is 18.0 Å². The van der Waals surface area contributed by atoms with Crippen LogP contribution in [0.2, 0.25) is 0 Å². The van der Waals surface area contributed by atoms with Crippen molar-refractivity contribution in [2.45, 2.75) is 11.4 Å². The highest BCUT2D eigenvalue weighted by molar-refractivity contribution is 8.14. The maximum Gasteiger partial charge on any atom is 0.351 e. The molecule has 1 aliphatic rings. The zero-order chi connectivity index (χ0) is 16.1. The monoisotopic (exact) mass is 342 g/mol. The topological polar surface area (TPSA) is 123 Å². The van der Waals surface area contributed by atoms with E-state index in [1.54, 1.807) is 12.1 Å². The predicted octanol–water partition coefficient (Wildman–Crippen LogP) is 0.680. The number of thioether (sulfide) groups is 2. The maximum atomic E-state index is 11.8. The van der Waals surface area contributed by atoms with Gasteiger partial charge in [-0.3, -0.25) is 4.79 Å². The van der Waals surface area contributed by atoms with Crippen LogP contribution >= 0.6 is 23.5 Å². The average molecular weight is 342 g/mol. The summed E-state index contributed by atoms with van der Waals surface area (Å²) in [5, 5.41) is 11.3. The molecule has 9 heteroatoms. The molecule has 118 valence electrons. The second kappa shape index (κ2) is 7.52. The number of rotatable bonds is 6. The summed E-state index contributed by atoms with van der Waals surface area (Å²) in [5.41, 5.74) is 6.18. The molecule has 0 fully saturated rings. The summed E-state index contributed by atoms with van der Waals surface area (Å²) in [6.45, 7) is 0. The first-order valence-electron chi connectivity index (χ1n) is 6.28. The highest BCUT2D eigenvalue weighted by atomic mass is 32.2. The van der Waals surface area contributed by atoms with Crippen LogP contribution in [0.1, 0.15) is 10.6 Å². The molecule has 0 aromatic carbocycles. The van der Waals surface area contributed by atoms with E-state index in [0.717, 1.165) is 11.8 Å². The molecule has 1 aliphatic heterocycles. The minimum absolute atomic E-state index is 0.000736. The predicted molar refractivity (Wildman–Crippen MR) is 83.6 cm³/mol. The van der Waals surface area contributed by atoms with Gasteiger partial charge in [0.15, 0.2) is 5.76 Å². The number of nitrogens with one attached hydrogen (secondary N) is 1. The summed E-state index contributed by atoms with van der Waals surface area (Å²) in [5.74, 6) is -0.298. The Bertz CT molecular complexity index is 600. The van der Waals surface area contributed by atoms with Gasteiger partial charge >= 0.3 is 5.97 Å². The van der Waals surface area contributed by atoms with Gasteiger partial charge in [0.25, 0.3) is 5.12 Å². The Morgan fingerprint density at radius 2 is 2.41 bits per heavy atom. The molecule has 0 radical (unpaired) electrons. The lowest BCUT2D eigenvalue weighted by Gasteiger charge is -2.28. The fourth-order valence-electron chi connectivity index (χ4n) is 1.77. The van der Waals surface area contributed by atoms with Gasteiger partial charge in [0.1, 0.15) is 12.0 Å². The Balaban J connectivity index is 2.05. The minimum atomic E-state index is -1.13. The molecule has 0 saturated carbocycles. The molecule has 0 bridgehead atoms. The Hall–Kier alpha value is -1.71. The fourth-order valence-corrected chi connectivity index (χ4v) is 3.83. The molecule has 2 rings (SSSR count). The first-order chi connectivity index (χ1) is 10.5. The standard InChI is InChI=1S/C13H14N2O5S2/c14-8(4-16)11-15-10(12(17)18)7(5-21-11)6-22-13(19)9-2-1-3-20-9/h1-4,8,11,15H,5-6,14H2,(H,17,18). The first kappa shape index (κ1) is 16.7. The van der Waals surface area contributed by atoms with E-state index in [0.29, 0.717) is 17.6 Å². The summed E-state index contributed by atoms with van der Waals surface area (Å²) in [6.07, 6.45) is 1.98. The molecule has 1 aromatic rings. The van der Waals surface area contributed by atoms with Gasteiger partial charge < -0.3 is 25.4 Å². The van der Waals surface area contributed by atoms with E-state index in [2.05, 4.69) is 5.32 Å². The van der Waals surface area contributed by atoms with E-state index in [1.807, 2.05) is 0 Å². The van der Waals surface area contributed by atoms with Gasteiger partial charge in [-0.05, 0) is 17.7 Å². The van der Waals surface area contributed by atoms with Crippen molar-refractivity contribution in [3.05, 3.63) is 35.4 Å². The number of aliphatic carboxylic acids is 1. The third kappa shape index (κ3) is 3.93. The normalized spacial score (nSPS) is 19.4. The molecule has 2 heterocycles. The molecule has 0 aliphatic carbocycles. The number of carbonyl (C=O) groups excluding carboxylic acids is 2. The lowest BCUT2D eigenvalue weighted by atomic mass is 10.2. The molecule has 0 spiro atoms. The highest BCUT2D eigenvalue weighted by Crippen LogP contribution is 2.27. The lowest BCUT2D eigenvalue weighted by molar-refractivity contribution is -0.133. The zero-order valence-corrected chi connectivity index (χ0v) is 13.0. The number of aldehydes is 1. The molecule has 1 aromatic heterocycles. The first-order valence-corrected chi connectivity index (χ1v) is 8.31. The maximum absolute atomic E-state index is 11.8. The third-order valence-corrected chi connectivity index (χ3v) is 5.16. The molecule has 0 saturated heterocycles. The number of carboxylic acid groups (broad SMARTS) is 1. The van der Waals surface area contributed by atoms with Gasteiger partial charge in [-0.2, -0.15) is 0 Å². The van der Waals surface area contributed by atoms with Crippen molar-refractivity contribution in [1.29, 1.82) is 0 Å². The number of furan rings is 1. The van der Waals surface area contributed by atoms with Crippen LogP contribution in [-0.4, -0.2) is 45.4 Å². The largest absolute Gasteiger partial charge is 0.477 e. The Morgan fingerprint density at radius 3 is 3.00 bits per heavy atom. The lowest BCUT2D eigenvalue weighted by Crippen LogP contribution is -2.47. The molecular weight excluding hydrogens is 328 g/mol. The van der Waals surface area contributed by atoms with Gasteiger partial charge in [0.05, 0.1) is 17.7 Å². The van der Waals surface area contributed by atoms with Crippen LogP contribution in [0.25, 0.3) is 0 Å². The highest BCUT2D eigenvalue weighted by Gasteiger charge is 2.29. The van der Waals surface area contributed by atoms with E-state index in [-0.39, 0.29) is 22.3 Å². The Labute approximate surface area is 134 Å². The Kier molecular flexibility index (Phi) is 5.69. The van der Waals surface area contributed by atoms with Gasteiger partial charge in [-0.25, -0.2) is 4.79 Å². The number of hydrogen-bond donors (Lipinski definition) is 3. The van der Waals surface area contributed by atoms with E-state index >= 15 is 0 Å². The SMILES string of the molecule is NC(C=O)C1NC(C(=O)O)=C(CSC(=O)c2ccco2)CS1. The van der Waals surface area contributed by atoms with Crippen molar-refractivity contribution in [2.75, 3.05) is 11.5 Å². The summed E-state index contributed by atoms with van der Waals surface area (Å²) >= 11 is 2.31. The van der Waals surface area contributed by atoms with Gasteiger partial charge in [0.2, 0.25) is 0 Å². The third-order valence-electron chi connectivity index (χ3n) is 2.90. The molecule has 7 nitrogen and oxygen atoms in total. The van der Waals surface area contributed by atoms with Crippen molar-refractivity contribution in [3.8, 4) is 0 Å². The van der Waals surface area contributed by atoms with Crippen LogP contribution in [0.15, 0.2) is 34.1 Å². The van der Waals surface area contributed by atoms with Crippen molar-refractivity contribution < 1.29 is 23.9 Å². The van der Waals surface area contributed by atoms with E-state index < -0.39 is 17.4 Å². The minimum Gasteiger partial charge on any atom is -0.477 e. The molecule has 22 heavy (non-hydrogen) atoms. The fraction of sp³-hybridized carbons (Fsp3) is 0.308. The van der Waals surface area contributed by atoms with E-state index in [9.17, 15) is 19.5 Å². The van der Waals surface area contributed by atoms with E-state index in [4.69, 9.17) is 10.2 Å². The summed E-state index contributed by atoms with van der Waals surface area (Å²) in [7, 11) is 0. The van der Waals surface area contributed by atoms with Crippen LogP contribution in [0, 0.1) is 0 Å². The number of carbonyl (C=O) groups is 3. The molecular formula is C13H14N2O5S2. The second-order valence-electron chi connectivity index (χ2n) is 4.43. The Morgan fingerprint density at radius 1 is 1.64 bits per heavy atom. The molecule has 0 amide bonds. The van der Waals surface area contributed by atoms with Crippen LogP contribution in [-0.2, 0) is 9.59 Å². The summed E-state index contributed by atoms with van der Waals surface area (Å²) < 4.78 is 4.99. The number of nitrogens with two attached hydrogens (primary N) is 1. The van der Waals surface area contributed by atoms with Gasteiger partial charge in [-0.1, -0.05) is 11.8 Å². The van der Waals surface area contributed by atoms with Gasteiger partial charge in [0, 0.05) is 11.5 Å². The van der Waals surface area contributed by atoms with Crippen LogP contribution < -0.4 is 11.1 Å². The van der Waals surface area contributed by atoms with Crippen LogP contribution in [0.4, 0.5) is 0 Å². The number of hydrogen-bond acceptors (Lipinski definition) is 8. The summed E-state index contributed by atoms with van der Waals surface area (Å²) in [4.78, 5) is 33.9. The van der Waals surface area contributed by atoms with Crippen LogP contribution in [0.3, 0.4) is 0 Å². The van der Waals surface area contributed by atoms with Crippen molar-refractivity contribution in [2.24, 2.45) is 5.73 Å². The summed E-state index contributed by atoms with van der Waals surface area (Å²) in [6, 6.07) is 2.37. The smallest absolute Gasteiger partial charge is 0.351 e. The number of carboxylic acids is 1.